The van der Waals surface area contributed by atoms with Crippen molar-refractivity contribution in [2.45, 2.75) is 18.4 Å². The fourth-order valence-electron chi connectivity index (χ4n) is 1.93. The van der Waals surface area contributed by atoms with E-state index in [1.807, 2.05) is 49.4 Å². The van der Waals surface area contributed by atoms with Crippen LogP contribution in [0.25, 0.3) is 0 Å². The molecule has 1 atom stereocenters. The quantitative estimate of drug-likeness (QED) is 0.589. The van der Waals surface area contributed by atoms with Gasteiger partial charge in [0.2, 0.25) is 0 Å². The number of alkyl halides is 1. The van der Waals surface area contributed by atoms with Crippen LogP contribution in [-0.2, 0) is 11.3 Å². The van der Waals surface area contributed by atoms with Crippen molar-refractivity contribution in [3.05, 3.63) is 65.2 Å². The molecule has 2 rings (SSSR count). The van der Waals surface area contributed by atoms with Crippen LogP contribution in [-0.4, -0.2) is 13.1 Å². The Hall–Kier alpha value is -1.81. The molecule has 2 aromatic rings. The summed E-state index contributed by atoms with van der Waals surface area (Å²) in [6.45, 7) is 2.41. The normalized spacial score (nSPS) is 11.8. The fraction of sp³-hybridized carbons (Fsp3) is 0.235. The van der Waals surface area contributed by atoms with Gasteiger partial charge in [0.1, 0.15) is 17.9 Å². The van der Waals surface area contributed by atoms with Crippen molar-refractivity contribution in [1.29, 1.82) is 0 Å². The molecule has 0 aliphatic heterocycles. The molecule has 0 radical (unpaired) electrons. The summed E-state index contributed by atoms with van der Waals surface area (Å²) in [5.41, 5.74) is 2.49. The Morgan fingerprint density at radius 3 is 2.52 bits per heavy atom. The Balaban J connectivity index is 2.23. The van der Waals surface area contributed by atoms with Gasteiger partial charge >= 0.3 is 5.97 Å². The molecule has 0 bridgehead atoms. The highest BCUT2D eigenvalue weighted by molar-refractivity contribution is 9.09. The van der Waals surface area contributed by atoms with Crippen molar-refractivity contribution in [3.8, 4) is 5.75 Å². The minimum absolute atomic E-state index is 0.157. The number of halogens is 1. The van der Waals surface area contributed by atoms with Crippen molar-refractivity contribution in [2.75, 3.05) is 7.11 Å². The standard InChI is InChI=1S/C17H17BrO3/c1-12(18)14-8-9-16(15(10-14)17(19)20-2)21-11-13-6-4-3-5-7-13/h3-10,12H,11H2,1-2H3. The number of carbonyl (C=O) groups excluding carboxylic acids is 1. The van der Waals surface area contributed by atoms with Gasteiger partial charge in [0.25, 0.3) is 0 Å². The Kier molecular flexibility index (Phi) is 5.39. The lowest BCUT2D eigenvalue weighted by atomic mass is 10.1. The first-order chi connectivity index (χ1) is 10.1. The molecule has 0 aliphatic carbocycles. The Morgan fingerprint density at radius 1 is 1.19 bits per heavy atom. The van der Waals surface area contributed by atoms with Crippen molar-refractivity contribution in [3.63, 3.8) is 0 Å². The van der Waals surface area contributed by atoms with Crippen LogP contribution < -0.4 is 4.74 Å². The molecular formula is C17H17BrO3. The molecule has 2 aromatic carbocycles. The largest absolute Gasteiger partial charge is 0.488 e. The number of carbonyl (C=O) groups is 1. The third-order valence-electron chi connectivity index (χ3n) is 3.11. The fourth-order valence-corrected chi connectivity index (χ4v) is 2.21. The summed E-state index contributed by atoms with van der Waals surface area (Å²) in [5.74, 6) is 0.135. The van der Waals surface area contributed by atoms with Crippen molar-refractivity contribution < 1.29 is 14.3 Å². The number of ether oxygens (including phenoxy) is 2. The van der Waals surface area contributed by atoms with Crippen molar-refractivity contribution in [2.24, 2.45) is 0 Å². The van der Waals surface area contributed by atoms with E-state index in [0.717, 1.165) is 11.1 Å². The van der Waals surface area contributed by atoms with Crippen molar-refractivity contribution in [1.82, 2.24) is 0 Å². The summed E-state index contributed by atoms with van der Waals surface area (Å²) in [7, 11) is 1.37. The van der Waals surface area contributed by atoms with Crippen molar-refractivity contribution >= 4 is 21.9 Å². The molecule has 0 heterocycles. The second-order valence-electron chi connectivity index (χ2n) is 4.64. The van der Waals surface area contributed by atoms with Crippen LogP contribution in [0.1, 0.15) is 33.2 Å². The summed E-state index contributed by atoms with van der Waals surface area (Å²) < 4.78 is 10.6. The van der Waals surface area contributed by atoms with E-state index < -0.39 is 5.97 Å². The molecule has 0 saturated carbocycles. The SMILES string of the molecule is COC(=O)c1cc(C(C)Br)ccc1OCc1ccccc1. The summed E-state index contributed by atoms with van der Waals surface area (Å²) in [6.07, 6.45) is 0. The highest BCUT2D eigenvalue weighted by Gasteiger charge is 2.15. The van der Waals surface area contributed by atoms with E-state index in [2.05, 4.69) is 15.9 Å². The lowest BCUT2D eigenvalue weighted by molar-refractivity contribution is 0.0595. The molecule has 0 amide bonds. The maximum atomic E-state index is 11.9. The molecule has 4 heteroatoms. The van der Waals surface area contributed by atoms with E-state index in [0.29, 0.717) is 17.9 Å². The topological polar surface area (TPSA) is 35.5 Å². The highest BCUT2D eigenvalue weighted by atomic mass is 79.9. The average Bonchev–Trinajstić information content (AvgIpc) is 2.52. The van der Waals surface area contributed by atoms with Crippen LogP contribution in [0.5, 0.6) is 5.75 Å². The van der Waals surface area contributed by atoms with E-state index in [-0.39, 0.29) is 4.83 Å². The van der Waals surface area contributed by atoms with Crippen LogP contribution >= 0.6 is 15.9 Å². The Morgan fingerprint density at radius 2 is 1.90 bits per heavy atom. The lowest BCUT2D eigenvalue weighted by Gasteiger charge is -2.13. The molecule has 3 nitrogen and oxygen atoms in total. The number of methoxy groups -OCH3 is 1. The van der Waals surface area contributed by atoms with Gasteiger partial charge in [-0.15, -0.1) is 0 Å². The van der Waals surface area contributed by atoms with Gasteiger partial charge in [0, 0.05) is 4.83 Å². The first-order valence-corrected chi connectivity index (χ1v) is 7.56. The number of hydrogen-bond acceptors (Lipinski definition) is 3. The van der Waals surface area contributed by atoms with Gasteiger partial charge < -0.3 is 9.47 Å². The van der Waals surface area contributed by atoms with Crippen LogP contribution in [0.15, 0.2) is 48.5 Å². The van der Waals surface area contributed by atoms with E-state index in [9.17, 15) is 4.79 Å². The monoisotopic (exact) mass is 348 g/mol. The second kappa shape index (κ2) is 7.27. The lowest BCUT2D eigenvalue weighted by Crippen LogP contribution is -2.07. The number of hydrogen-bond donors (Lipinski definition) is 0. The van der Waals surface area contributed by atoms with Gasteiger partial charge in [-0.05, 0) is 30.2 Å². The highest BCUT2D eigenvalue weighted by Crippen LogP contribution is 2.28. The van der Waals surface area contributed by atoms with Crippen LogP contribution in [0.4, 0.5) is 0 Å². The average molecular weight is 349 g/mol. The predicted octanol–water partition coefficient (Wildman–Crippen LogP) is 4.51. The first kappa shape index (κ1) is 15.6. The molecule has 0 fully saturated rings. The molecule has 110 valence electrons. The van der Waals surface area contributed by atoms with Gasteiger partial charge in [-0.25, -0.2) is 4.79 Å². The van der Waals surface area contributed by atoms with E-state index >= 15 is 0 Å². The molecule has 21 heavy (non-hydrogen) atoms. The third kappa shape index (κ3) is 4.08. The number of benzene rings is 2. The maximum Gasteiger partial charge on any atom is 0.341 e. The zero-order chi connectivity index (χ0) is 15.2. The molecule has 0 spiro atoms. The van der Waals surface area contributed by atoms with E-state index in [4.69, 9.17) is 9.47 Å². The molecule has 1 unspecified atom stereocenters. The minimum Gasteiger partial charge on any atom is -0.488 e. The smallest absolute Gasteiger partial charge is 0.341 e. The molecule has 0 N–H and O–H groups in total. The van der Waals surface area contributed by atoms with Crippen LogP contribution in [0, 0.1) is 0 Å². The zero-order valence-electron chi connectivity index (χ0n) is 12.0. The van der Waals surface area contributed by atoms with Crippen LogP contribution in [0.2, 0.25) is 0 Å². The van der Waals surface area contributed by atoms with Crippen LogP contribution in [0.3, 0.4) is 0 Å². The Bertz CT molecular complexity index is 609. The van der Waals surface area contributed by atoms with Gasteiger partial charge in [-0.2, -0.15) is 0 Å². The van der Waals surface area contributed by atoms with Gasteiger partial charge in [-0.3, -0.25) is 0 Å². The van der Waals surface area contributed by atoms with Gasteiger partial charge in [-0.1, -0.05) is 52.3 Å². The molecule has 0 aromatic heterocycles. The first-order valence-electron chi connectivity index (χ1n) is 6.65. The minimum atomic E-state index is -0.395. The predicted molar refractivity (Wildman–Crippen MR) is 85.9 cm³/mol. The number of rotatable bonds is 5. The zero-order valence-corrected chi connectivity index (χ0v) is 13.6. The number of esters is 1. The van der Waals surface area contributed by atoms with Gasteiger partial charge in [0.15, 0.2) is 0 Å². The molecule has 0 saturated heterocycles. The summed E-state index contributed by atoms with van der Waals surface area (Å²) in [5, 5.41) is 0. The van der Waals surface area contributed by atoms with Gasteiger partial charge in [0.05, 0.1) is 7.11 Å². The van der Waals surface area contributed by atoms with E-state index in [1.165, 1.54) is 7.11 Å². The third-order valence-corrected chi connectivity index (χ3v) is 3.63. The second-order valence-corrected chi connectivity index (χ2v) is 6.01. The van der Waals surface area contributed by atoms with E-state index in [1.54, 1.807) is 6.07 Å². The maximum absolute atomic E-state index is 11.9. The molecule has 0 aliphatic rings. The summed E-state index contributed by atoms with van der Waals surface area (Å²) >= 11 is 3.50. The molecular weight excluding hydrogens is 332 g/mol. The Labute approximate surface area is 133 Å². The summed E-state index contributed by atoms with van der Waals surface area (Å²) in [4.78, 5) is 12.1. The summed E-state index contributed by atoms with van der Waals surface area (Å²) in [6, 6.07) is 15.4.